The lowest BCUT2D eigenvalue weighted by Gasteiger charge is -2.32. The molecule has 2 aliphatic rings. The molecule has 16 heavy (non-hydrogen) atoms. The molecule has 0 saturated carbocycles. The minimum atomic E-state index is -0.443. The first-order chi connectivity index (χ1) is 7.85. The smallest absolute Gasteiger partial charge is 0.188 e. The molecule has 0 amide bonds. The van der Waals surface area contributed by atoms with Crippen LogP contribution in [-0.2, 0) is 9.47 Å². The van der Waals surface area contributed by atoms with Gasteiger partial charge in [0.2, 0.25) is 0 Å². The number of hydrogen-bond donors (Lipinski definition) is 0. The van der Waals surface area contributed by atoms with E-state index in [0.29, 0.717) is 6.42 Å². The Labute approximate surface area is 97.0 Å². The van der Waals surface area contributed by atoms with Crippen molar-refractivity contribution in [3.8, 4) is 23.7 Å². The Morgan fingerprint density at radius 3 is 3.06 bits per heavy atom. The first-order valence-corrected chi connectivity index (χ1v) is 5.75. The van der Waals surface area contributed by atoms with Crippen LogP contribution in [0.2, 0.25) is 0 Å². The zero-order valence-electron chi connectivity index (χ0n) is 9.58. The van der Waals surface area contributed by atoms with Gasteiger partial charge in [0, 0.05) is 12.8 Å². The molecule has 2 unspecified atom stereocenters. The predicted molar refractivity (Wildman–Crippen MR) is 62.4 cm³/mol. The van der Waals surface area contributed by atoms with Gasteiger partial charge in [-0.1, -0.05) is 17.9 Å². The highest BCUT2D eigenvalue weighted by molar-refractivity contribution is 5.26. The molecule has 0 bridgehead atoms. The van der Waals surface area contributed by atoms with Crippen LogP contribution in [0.4, 0.5) is 0 Å². The van der Waals surface area contributed by atoms with Gasteiger partial charge in [0.25, 0.3) is 0 Å². The molecular formula is C14H16O2. The second kappa shape index (κ2) is 5.21. The molecule has 0 aromatic carbocycles. The van der Waals surface area contributed by atoms with Crippen molar-refractivity contribution in [3.05, 3.63) is 12.2 Å². The van der Waals surface area contributed by atoms with Gasteiger partial charge in [-0.25, -0.2) is 0 Å². The Morgan fingerprint density at radius 2 is 2.31 bits per heavy atom. The van der Waals surface area contributed by atoms with Crippen molar-refractivity contribution in [2.75, 3.05) is 6.61 Å². The van der Waals surface area contributed by atoms with Crippen molar-refractivity contribution in [2.45, 2.75) is 44.5 Å². The van der Waals surface area contributed by atoms with E-state index in [1.54, 1.807) is 6.92 Å². The van der Waals surface area contributed by atoms with Crippen molar-refractivity contribution >= 4 is 0 Å². The fourth-order valence-electron chi connectivity index (χ4n) is 1.97. The van der Waals surface area contributed by atoms with E-state index >= 15 is 0 Å². The zero-order valence-corrected chi connectivity index (χ0v) is 9.58. The van der Waals surface area contributed by atoms with E-state index < -0.39 is 5.79 Å². The van der Waals surface area contributed by atoms with Gasteiger partial charge in [-0.3, -0.25) is 0 Å². The third kappa shape index (κ3) is 2.67. The summed E-state index contributed by atoms with van der Waals surface area (Å²) < 4.78 is 11.6. The van der Waals surface area contributed by atoms with Gasteiger partial charge < -0.3 is 9.47 Å². The van der Waals surface area contributed by atoms with E-state index in [1.807, 2.05) is 6.08 Å². The van der Waals surface area contributed by atoms with E-state index in [0.717, 1.165) is 19.4 Å². The van der Waals surface area contributed by atoms with E-state index in [9.17, 15) is 0 Å². The van der Waals surface area contributed by atoms with Crippen molar-refractivity contribution in [1.82, 2.24) is 0 Å². The lowest BCUT2D eigenvalue weighted by Crippen LogP contribution is -2.36. The zero-order chi connectivity index (χ0) is 11.3. The van der Waals surface area contributed by atoms with Crippen LogP contribution in [0.3, 0.4) is 0 Å². The van der Waals surface area contributed by atoms with Crippen LogP contribution in [0.1, 0.15) is 32.6 Å². The third-order valence-electron chi connectivity index (χ3n) is 2.76. The van der Waals surface area contributed by atoms with Gasteiger partial charge in [0.15, 0.2) is 5.79 Å². The third-order valence-corrected chi connectivity index (χ3v) is 2.76. The highest BCUT2D eigenvalue weighted by Crippen LogP contribution is 2.34. The van der Waals surface area contributed by atoms with Gasteiger partial charge in [-0.2, -0.15) is 0 Å². The van der Waals surface area contributed by atoms with Crippen LogP contribution >= 0.6 is 0 Å². The van der Waals surface area contributed by atoms with Gasteiger partial charge in [0.1, 0.15) is 0 Å². The summed E-state index contributed by atoms with van der Waals surface area (Å²) in [7, 11) is 0. The molecule has 0 radical (unpaired) electrons. The maximum absolute atomic E-state index is 5.89. The first-order valence-electron chi connectivity index (χ1n) is 5.75. The Hall–Kier alpha value is -1.22. The average molecular weight is 216 g/mol. The summed E-state index contributed by atoms with van der Waals surface area (Å²) in [6.45, 7) is 2.58. The summed E-state index contributed by atoms with van der Waals surface area (Å²) in [5.74, 6) is 10.8. The molecule has 0 aromatic rings. The normalized spacial score (nSPS) is 31.7. The second-order valence-corrected chi connectivity index (χ2v) is 4.01. The van der Waals surface area contributed by atoms with Crippen LogP contribution in [-0.4, -0.2) is 18.5 Å². The minimum absolute atomic E-state index is 0.0595. The molecule has 1 saturated heterocycles. The molecule has 84 valence electrons. The second-order valence-electron chi connectivity index (χ2n) is 4.01. The maximum atomic E-state index is 5.89. The van der Waals surface area contributed by atoms with E-state index in [-0.39, 0.29) is 6.10 Å². The molecular weight excluding hydrogens is 200 g/mol. The molecule has 1 spiro atoms. The molecule has 2 rings (SSSR count). The van der Waals surface area contributed by atoms with Gasteiger partial charge in [-0.05, 0) is 37.7 Å². The standard InChI is InChI=1S/C14H16O2/c1-2-3-4-5-8-13-9-11-14(16-13)10-6-7-12-15-14/h9,11,13H,6-8,10,12H2,1H3. The molecule has 0 aromatic heterocycles. The lowest BCUT2D eigenvalue weighted by atomic mass is 10.1. The molecule has 2 atom stereocenters. The Bertz CT molecular complexity index is 380. The summed E-state index contributed by atoms with van der Waals surface area (Å²) in [5, 5.41) is 0. The molecule has 2 heterocycles. The fourth-order valence-corrected chi connectivity index (χ4v) is 1.97. The van der Waals surface area contributed by atoms with Crippen molar-refractivity contribution in [2.24, 2.45) is 0 Å². The van der Waals surface area contributed by atoms with Crippen LogP contribution < -0.4 is 0 Å². The Morgan fingerprint density at radius 1 is 1.38 bits per heavy atom. The topological polar surface area (TPSA) is 18.5 Å². The van der Waals surface area contributed by atoms with Gasteiger partial charge in [0.05, 0.1) is 12.7 Å². The van der Waals surface area contributed by atoms with Crippen LogP contribution in [0.5, 0.6) is 0 Å². The predicted octanol–water partition coefficient (Wildman–Crippen LogP) is 2.25. The Kier molecular flexibility index (Phi) is 3.67. The summed E-state index contributed by atoms with van der Waals surface area (Å²) >= 11 is 0. The lowest BCUT2D eigenvalue weighted by molar-refractivity contribution is -0.225. The highest BCUT2D eigenvalue weighted by atomic mass is 16.7. The average Bonchev–Trinajstić information content (AvgIpc) is 2.69. The highest BCUT2D eigenvalue weighted by Gasteiger charge is 2.37. The van der Waals surface area contributed by atoms with E-state index in [4.69, 9.17) is 9.47 Å². The first kappa shape index (κ1) is 11.3. The quantitative estimate of drug-likeness (QED) is 0.494. The molecule has 2 aliphatic heterocycles. The van der Waals surface area contributed by atoms with Crippen LogP contribution in [0.25, 0.3) is 0 Å². The fraction of sp³-hybridized carbons (Fsp3) is 0.571. The minimum Gasteiger partial charge on any atom is -0.346 e. The van der Waals surface area contributed by atoms with Crippen LogP contribution in [0, 0.1) is 23.7 Å². The number of ether oxygens (including phenoxy) is 2. The molecule has 1 fully saturated rings. The van der Waals surface area contributed by atoms with Crippen molar-refractivity contribution in [3.63, 3.8) is 0 Å². The van der Waals surface area contributed by atoms with Gasteiger partial charge >= 0.3 is 0 Å². The van der Waals surface area contributed by atoms with E-state index in [1.165, 1.54) is 6.42 Å². The molecule has 2 heteroatoms. The van der Waals surface area contributed by atoms with E-state index in [2.05, 4.69) is 29.8 Å². The SMILES string of the molecule is CC#CC#CCC1C=CC2(CCCCO2)O1. The summed E-state index contributed by atoms with van der Waals surface area (Å²) in [4.78, 5) is 0. The maximum Gasteiger partial charge on any atom is 0.188 e. The summed E-state index contributed by atoms with van der Waals surface area (Å²) in [5.41, 5.74) is 0. The van der Waals surface area contributed by atoms with Crippen molar-refractivity contribution < 1.29 is 9.47 Å². The monoisotopic (exact) mass is 216 g/mol. The summed E-state index contributed by atoms with van der Waals surface area (Å²) in [6, 6.07) is 0. The van der Waals surface area contributed by atoms with Gasteiger partial charge in [-0.15, -0.1) is 0 Å². The molecule has 0 aliphatic carbocycles. The summed E-state index contributed by atoms with van der Waals surface area (Å²) in [6.07, 6.45) is 8.12. The Balaban J connectivity index is 1.86. The van der Waals surface area contributed by atoms with Crippen LogP contribution in [0.15, 0.2) is 12.2 Å². The number of rotatable bonds is 1. The molecule has 0 N–H and O–H groups in total. The van der Waals surface area contributed by atoms with Crippen molar-refractivity contribution in [1.29, 1.82) is 0 Å². The molecule has 2 nitrogen and oxygen atoms in total. The number of hydrogen-bond acceptors (Lipinski definition) is 2. The largest absolute Gasteiger partial charge is 0.346 e.